The van der Waals surface area contributed by atoms with Crippen molar-refractivity contribution in [3.8, 4) is 0 Å². The van der Waals surface area contributed by atoms with Crippen LogP contribution in [-0.2, 0) is 26.2 Å². The number of rotatable bonds is 7. The number of likely N-dealkylation sites (tertiary alicyclic amines) is 1. The summed E-state index contributed by atoms with van der Waals surface area (Å²) in [6.45, 7) is 2.83. The summed E-state index contributed by atoms with van der Waals surface area (Å²) < 4.78 is 6.36. The van der Waals surface area contributed by atoms with Gasteiger partial charge >= 0.3 is 5.97 Å². The highest BCUT2D eigenvalue weighted by Crippen LogP contribution is 2.36. The summed E-state index contributed by atoms with van der Waals surface area (Å²) in [6, 6.07) is -0.340. The van der Waals surface area contributed by atoms with Crippen LogP contribution < -0.4 is 5.32 Å². The molecule has 2 heterocycles. The number of carbonyl (C=O) groups excluding carboxylic acids is 3. The van der Waals surface area contributed by atoms with Crippen LogP contribution in [0.15, 0.2) is 24.7 Å². The molecular formula is C18H26N4O4. The van der Waals surface area contributed by atoms with Crippen molar-refractivity contribution in [2.24, 2.45) is 13.0 Å². The van der Waals surface area contributed by atoms with E-state index in [0.29, 0.717) is 19.4 Å². The van der Waals surface area contributed by atoms with Gasteiger partial charge in [-0.15, -0.1) is 0 Å². The van der Waals surface area contributed by atoms with Gasteiger partial charge < -0.3 is 19.5 Å². The van der Waals surface area contributed by atoms with Crippen molar-refractivity contribution >= 4 is 17.8 Å². The molecule has 1 aromatic rings. The van der Waals surface area contributed by atoms with Gasteiger partial charge in [0.05, 0.1) is 37.3 Å². The standard InChI is InChI=1S/C18H26N4O4/c1-4-10-22-15(23)8-7-13(17(22)14-11-19-12-21(14)2)18(25)20-9-5-6-16(24)26-3/h5-6,11-13,17H,4,7-10H2,1-3H3,(H,20,25)/b6-5+/t13-,17-/m0/s1. The van der Waals surface area contributed by atoms with Gasteiger partial charge in [0.25, 0.3) is 0 Å². The molecule has 8 heteroatoms. The zero-order chi connectivity index (χ0) is 19.1. The lowest BCUT2D eigenvalue weighted by Crippen LogP contribution is -2.48. The average Bonchev–Trinajstić information content (AvgIpc) is 3.05. The van der Waals surface area contributed by atoms with Gasteiger partial charge in [0.15, 0.2) is 0 Å². The van der Waals surface area contributed by atoms with E-state index in [9.17, 15) is 14.4 Å². The maximum Gasteiger partial charge on any atom is 0.330 e. The van der Waals surface area contributed by atoms with Crippen LogP contribution in [-0.4, -0.2) is 52.4 Å². The molecule has 0 aliphatic carbocycles. The number of nitrogens with one attached hydrogen (secondary N) is 1. The van der Waals surface area contributed by atoms with Crippen molar-refractivity contribution in [3.63, 3.8) is 0 Å². The minimum atomic E-state index is -0.468. The second kappa shape index (κ2) is 9.17. The van der Waals surface area contributed by atoms with Crippen LogP contribution in [0.2, 0.25) is 0 Å². The van der Waals surface area contributed by atoms with Crippen LogP contribution in [0.25, 0.3) is 0 Å². The van der Waals surface area contributed by atoms with E-state index >= 15 is 0 Å². The topological polar surface area (TPSA) is 93.5 Å². The average molecular weight is 362 g/mol. The summed E-state index contributed by atoms with van der Waals surface area (Å²) in [5, 5.41) is 2.82. The molecule has 0 bridgehead atoms. The van der Waals surface area contributed by atoms with Crippen molar-refractivity contribution in [3.05, 3.63) is 30.4 Å². The second-order valence-electron chi connectivity index (χ2n) is 6.28. The Bertz CT molecular complexity index is 682. The minimum Gasteiger partial charge on any atom is -0.466 e. The Kier molecular flexibility index (Phi) is 6.94. The van der Waals surface area contributed by atoms with Gasteiger partial charge in [-0.2, -0.15) is 0 Å². The quantitative estimate of drug-likeness (QED) is 0.576. The molecule has 2 atom stereocenters. The second-order valence-corrected chi connectivity index (χ2v) is 6.28. The molecule has 0 saturated carbocycles. The molecule has 8 nitrogen and oxygen atoms in total. The van der Waals surface area contributed by atoms with E-state index in [4.69, 9.17) is 0 Å². The lowest BCUT2D eigenvalue weighted by Gasteiger charge is -2.40. The van der Waals surface area contributed by atoms with E-state index in [0.717, 1.165) is 12.1 Å². The Morgan fingerprint density at radius 2 is 2.23 bits per heavy atom. The molecule has 2 amide bonds. The van der Waals surface area contributed by atoms with Crippen molar-refractivity contribution in [1.82, 2.24) is 19.8 Å². The van der Waals surface area contributed by atoms with E-state index in [2.05, 4.69) is 15.0 Å². The maximum absolute atomic E-state index is 12.8. The summed E-state index contributed by atoms with van der Waals surface area (Å²) >= 11 is 0. The molecule has 0 aromatic carbocycles. The van der Waals surface area contributed by atoms with Gasteiger partial charge in [0.1, 0.15) is 0 Å². The normalized spacial score (nSPS) is 20.4. The number of hydrogen-bond donors (Lipinski definition) is 1. The molecule has 1 aliphatic rings. The first-order valence-electron chi connectivity index (χ1n) is 8.77. The third-order valence-corrected chi connectivity index (χ3v) is 4.51. The number of aromatic nitrogens is 2. The summed E-state index contributed by atoms with van der Waals surface area (Å²) in [7, 11) is 3.16. The zero-order valence-electron chi connectivity index (χ0n) is 15.5. The highest BCUT2D eigenvalue weighted by atomic mass is 16.5. The van der Waals surface area contributed by atoms with Crippen LogP contribution >= 0.6 is 0 Å². The summed E-state index contributed by atoms with van der Waals surface area (Å²) in [5.41, 5.74) is 0.844. The third-order valence-electron chi connectivity index (χ3n) is 4.51. The van der Waals surface area contributed by atoms with Crippen molar-refractivity contribution in [2.45, 2.75) is 32.2 Å². The lowest BCUT2D eigenvalue weighted by atomic mass is 9.85. The zero-order valence-corrected chi connectivity index (χ0v) is 15.5. The fraction of sp³-hybridized carbons (Fsp3) is 0.556. The molecular weight excluding hydrogens is 336 g/mol. The maximum atomic E-state index is 12.8. The van der Waals surface area contributed by atoms with Crippen molar-refractivity contribution in [1.29, 1.82) is 0 Å². The van der Waals surface area contributed by atoms with E-state index in [-0.39, 0.29) is 30.3 Å². The first kappa shape index (κ1) is 19.7. The Morgan fingerprint density at radius 3 is 2.85 bits per heavy atom. The number of imidazole rings is 1. The number of amides is 2. The van der Waals surface area contributed by atoms with E-state index < -0.39 is 5.97 Å². The number of esters is 1. The highest BCUT2D eigenvalue weighted by molar-refractivity contribution is 5.85. The summed E-state index contributed by atoms with van der Waals surface area (Å²) in [4.78, 5) is 42.2. The first-order valence-corrected chi connectivity index (χ1v) is 8.77. The first-order chi connectivity index (χ1) is 12.5. The number of ether oxygens (including phenoxy) is 1. The smallest absolute Gasteiger partial charge is 0.330 e. The number of carbonyl (C=O) groups is 3. The molecule has 1 fully saturated rings. The lowest BCUT2D eigenvalue weighted by molar-refractivity contribution is -0.143. The summed E-state index contributed by atoms with van der Waals surface area (Å²) in [6.07, 6.45) is 7.85. The van der Waals surface area contributed by atoms with Crippen LogP contribution in [0.4, 0.5) is 0 Å². The molecule has 1 aliphatic heterocycles. The monoisotopic (exact) mass is 362 g/mol. The molecule has 0 spiro atoms. The minimum absolute atomic E-state index is 0.0627. The predicted molar refractivity (Wildman–Crippen MR) is 94.8 cm³/mol. The Morgan fingerprint density at radius 1 is 1.46 bits per heavy atom. The van der Waals surface area contributed by atoms with E-state index in [1.165, 1.54) is 13.2 Å². The van der Waals surface area contributed by atoms with Crippen LogP contribution in [0.1, 0.15) is 37.9 Å². The number of aryl methyl sites for hydroxylation is 1. The van der Waals surface area contributed by atoms with Gasteiger partial charge in [-0.05, 0) is 12.8 Å². The summed E-state index contributed by atoms with van der Waals surface area (Å²) in [5.74, 6) is -0.905. The number of hydrogen-bond acceptors (Lipinski definition) is 5. The van der Waals surface area contributed by atoms with Gasteiger partial charge in [-0.25, -0.2) is 9.78 Å². The molecule has 142 valence electrons. The van der Waals surface area contributed by atoms with Gasteiger partial charge in [0, 0.05) is 32.6 Å². The Balaban J connectivity index is 2.17. The largest absolute Gasteiger partial charge is 0.466 e. The third kappa shape index (κ3) is 4.50. The van der Waals surface area contributed by atoms with Crippen LogP contribution in [0.5, 0.6) is 0 Å². The Labute approximate surface area is 153 Å². The van der Waals surface area contributed by atoms with Crippen LogP contribution in [0, 0.1) is 5.92 Å². The van der Waals surface area contributed by atoms with E-state index in [1.54, 1.807) is 23.5 Å². The van der Waals surface area contributed by atoms with Gasteiger partial charge in [0.2, 0.25) is 11.8 Å². The Hall–Kier alpha value is -2.64. The SMILES string of the molecule is CCCN1C(=O)CC[C@H](C(=O)NC/C=C/C(=O)OC)[C@H]1c1cncn1C. The molecule has 1 saturated heterocycles. The molecule has 1 aromatic heterocycles. The van der Waals surface area contributed by atoms with Crippen molar-refractivity contribution < 1.29 is 19.1 Å². The predicted octanol–water partition coefficient (Wildman–Crippen LogP) is 0.955. The number of nitrogens with zero attached hydrogens (tertiary/aromatic N) is 3. The van der Waals surface area contributed by atoms with Crippen LogP contribution in [0.3, 0.4) is 0 Å². The van der Waals surface area contributed by atoms with Crippen molar-refractivity contribution in [2.75, 3.05) is 20.2 Å². The molecule has 26 heavy (non-hydrogen) atoms. The fourth-order valence-electron chi connectivity index (χ4n) is 3.26. The van der Waals surface area contributed by atoms with Gasteiger partial charge in [-0.1, -0.05) is 13.0 Å². The number of piperidine rings is 1. The number of methoxy groups -OCH3 is 1. The highest BCUT2D eigenvalue weighted by Gasteiger charge is 2.41. The molecule has 0 radical (unpaired) electrons. The molecule has 2 rings (SSSR count). The fourth-order valence-corrected chi connectivity index (χ4v) is 3.26. The van der Waals surface area contributed by atoms with E-state index in [1.807, 2.05) is 18.5 Å². The molecule has 1 N–H and O–H groups in total. The molecule has 0 unspecified atom stereocenters. The van der Waals surface area contributed by atoms with Gasteiger partial charge in [-0.3, -0.25) is 9.59 Å².